The number of para-hydroxylation sites is 1. The van der Waals surface area contributed by atoms with Gasteiger partial charge in [-0.2, -0.15) is 0 Å². The number of thiophene rings is 1. The third kappa shape index (κ3) is 5.55. The normalized spacial score (nSPS) is 10.8. The quantitative estimate of drug-likeness (QED) is 0.169. The summed E-state index contributed by atoms with van der Waals surface area (Å²) in [5.41, 5.74) is 8.66. The number of imidazole rings is 1. The third-order valence-corrected chi connectivity index (χ3v) is 6.69. The largest absolute Gasteiger partial charge is 0.466 e. The molecule has 0 aliphatic heterocycles. The van der Waals surface area contributed by atoms with Crippen LogP contribution in [0.25, 0.3) is 10.3 Å². The molecule has 2 aromatic heterocycles. The van der Waals surface area contributed by atoms with E-state index < -0.39 is 0 Å². The van der Waals surface area contributed by atoms with Crippen LogP contribution in [0.4, 0.5) is 11.4 Å². The summed E-state index contributed by atoms with van der Waals surface area (Å²) >= 11 is 1.33. The zero-order valence-electron chi connectivity index (χ0n) is 20.2. The minimum Gasteiger partial charge on any atom is -0.466 e. The van der Waals surface area contributed by atoms with Crippen molar-refractivity contribution in [2.24, 2.45) is 12.8 Å². The maximum absolute atomic E-state index is 13.5. The predicted octanol–water partition coefficient (Wildman–Crippen LogP) is 4.13. The van der Waals surface area contributed by atoms with Gasteiger partial charge in [0.05, 0.1) is 30.0 Å². The summed E-state index contributed by atoms with van der Waals surface area (Å²) < 4.78 is 7.00. The van der Waals surface area contributed by atoms with Gasteiger partial charge in [0.25, 0.3) is 5.91 Å². The number of anilines is 2. The van der Waals surface area contributed by atoms with Crippen LogP contribution in [0.1, 0.15) is 34.4 Å². The molecule has 2 heterocycles. The number of benzene rings is 2. The Morgan fingerprint density at radius 1 is 1.17 bits per heavy atom. The minimum absolute atomic E-state index is 0.0305. The van der Waals surface area contributed by atoms with Gasteiger partial charge in [0.2, 0.25) is 0 Å². The average Bonchev–Trinajstić information content (AvgIpc) is 3.43. The van der Waals surface area contributed by atoms with Crippen molar-refractivity contribution in [3.63, 3.8) is 0 Å². The third-order valence-electron chi connectivity index (χ3n) is 5.69. The number of hydrogen-bond donors (Lipinski definition) is 3. The van der Waals surface area contributed by atoms with E-state index in [0.29, 0.717) is 23.6 Å². The zero-order chi connectivity index (χ0) is 25.7. The first kappa shape index (κ1) is 24.9. The highest BCUT2D eigenvalue weighted by molar-refractivity contribution is 7.20. The van der Waals surface area contributed by atoms with Gasteiger partial charge in [-0.15, -0.1) is 11.3 Å². The van der Waals surface area contributed by atoms with Gasteiger partial charge in [-0.3, -0.25) is 15.0 Å². The summed E-state index contributed by atoms with van der Waals surface area (Å²) in [6.07, 6.45) is 0.112. The lowest BCUT2D eigenvalue weighted by Crippen LogP contribution is -2.32. The number of carbonyl (C=O) groups is 2. The van der Waals surface area contributed by atoms with Crippen LogP contribution in [0.5, 0.6) is 0 Å². The molecular formula is C26H28N6O3S. The highest BCUT2D eigenvalue weighted by Gasteiger charge is 2.23. The van der Waals surface area contributed by atoms with Crippen molar-refractivity contribution in [2.45, 2.75) is 19.9 Å². The molecule has 0 atom stereocenters. The van der Waals surface area contributed by atoms with Crippen LogP contribution >= 0.6 is 11.3 Å². The number of aryl methyl sites for hydroxylation is 1. The topological polar surface area (TPSA) is 126 Å². The van der Waals surface area contributed by atoms with E-state index in [9.17, 15) is 9.59 Å². The van der Waals surface area contributed by atoms with Crippen molar-refractivity contribution >= 4 is 50.8 Å². The summed E-state index contributed by atoms with van der Waals surface area (Å²) in [5, 5.41) is 10.8. The number of fused-ring (bicyclic) bond motifs is 1. The van der Waals surface area contributed by atoms with Crippen LogP contribution in [0, 0.1) is 5.41 Å². The lowest BCUT2D eigenvalue weighted by molar-refractivity contribution is -0.142. The van der Waals surface area contributed by atoms with Gasteiger partial charge in [-0.25, -0.2) is 4.98 Å². The molecule has 0 fully saturated rings. The Bertz CT molecular complexity index is 1380. The monoisotopic (exact) mass is 504 g/mol. The fourth-order valence-electron chi connectivity index (χ4n) is 3.76. The van der Waals surface area contributed by atoms with Gasteiger partial charge in [0.1, 0.15) is 16.5 Å². The maximum atomic E-state index is 13.5. The van der Waals surface area contributed by atoms with Crippen molar-refractivity contribution in [1.82, 2.24) is 9.55 Å². The van der Waals surface area contributed by atoms with Gasteiger partial charge in [-0.05, 0) is 49.4 Å². The number of nitrogens with two attached hydrogens (primary N) is 1. The molecule has 0 aliphatic rings. The first-order valence-electron chi connectivity index (χ1n) is 11.5. The molecule has 0 bridgehead atoms. The van der Waals surface area contributed by atoms with E-state index in [0.717, 1.165) is 27.5 Å². The van der Waals surface area contributed by atoms with Gasteiger partial charge in [0.15, 0.2) is 0 Å². The summed E-state index contributed by atoms with van der Waals surface area (Å²) in [6, 6.07) is 18.5. The fourth-order valence-corrected chi connectivity index (χ4v) is 4.79. The second-order valence-corrected chi connectivity index (χ2v) is 9.11. The highest BCUT2D eigenvalue weighted by Crippen LogP contribution is 2.29. The molecule has 4 aromatic rings. The lowest BCUT2D eigenvalue weighted by Gasteiger charge is -2.21. The summed E-state index contributed by atoms with van der Waals surface area (Å²) in [5.74, 6) is 0.340. The molecule has 1 amide bonds. The van der Waals surface area contributed by atoms with Gasteiger partial charge < -0.3 is 25.3 Å². The number of hydrogen-bond acceptors (Lipinski definition) is 7. The van der Waals surface area contributed by atoms with E-state index in [2.05, 4.69) is 5.32 Å². The predicted molar refractivity (Wildman–Crippen MR) is 143 cm³/mol. The smallest absolute Gasteiger partial charge is 0.307 e. The minimum atomic E-state index is -0.336. The van der Waals surface area contributed by atoms with Gasteiger partial charge in [-0.1, -0.05) is 18.2 Å². The van der Waals surface area contributed by atoms with Gasteiger partial charge >= 0.3 is 5.97 Å². The molecule has 0 unspecified atom stereocenters. The van der Waals surface area contributed by atoms with Crippen molar-refractivity contribution in [1.29, 1.82) is 5.41 Å². The second-order valence-electron chi connectivity index (χ2n) is 8.08. The van der Waals surface area contributed by atoms with Gasteiger partial charge in [0, 0.05) is 30.5 Å². The van der Waals surface area contributed by atoms with E-state index in [1.807, 2.05) is 60.1 Å². The molecule has 9 nitrogen and oxygen atoms in total. The van der Waals surface area contributed by atoms with E-state index >= 15 is 0 Å². The molecule has 0 spiro atoms. The average molecular weight is 505 g/mol. The van der Waals surface area contributed by atoms with E-state index in [-0.39, 0.29) is 30.7 Å². The van der Waals surface area contributed by atoms with E-state index in [4.69, 9.17) is 20.9 Å². The van der Waals surface area contributed by atoms with Crippen LogP contribution < -0.4 is 16.0 Å². The lowest BCUT2D eigenvalue weighted by atomic mass is 10.2. The summed E-state index contributed by atoms with van der Waals surface area (Å²) in [6.45, 7) is 2.79. The number of aromatic nitrogens is 2. The number of nitrogen functional groups attached to an aromatic ring is 1. The summed E-state index contributed by atoms with van der Waals surface area (Å²) in [4.78, 5) is 33.1. The SMILES string of the molecule is CCOC(=O)CCN(C(=O)c1cc2c(nc(CNc3ccc(C(=N)N)cc3)n2C)s1)c1ccccc1. The number of nitrogens with zero attached hydrogens (tertiary/aromatic N) is 3. The molecule has 186 valence electrons. The molecular weight excluding hydrogens is 476 g/mol. The van der Waals surface area contributed by atoms with Crippen LogP contribution in [0.2, 0.25) is 0 Å². The van der Waals surface area contributed by atoms with Crippen LogP contribution in [-0.2, 0) is 23.1 Å². The van der Waals surface area contributed by atoms with Crippen LogP contribution in [0.3, 0.4) is 0 Å². The number of carbonyl (C=O) groups excluding carboxylic acids is 2. The molecule has 10 heteroatoms. The number of amidine groups is 1. The fraction of sp³-hybridized carbons (Fsp3) is 0.231. The number of esters is 1. The molecule has 0 saturated carbocycles. The van der Waals surface area contributed by atoms with Crippen molar-refractivity contribution in [3.05, 3.63) is 76.9 Å². The van der Waals surface area contributed by atoms with Crippen LogP contribution in [-0.4, -0.2) is 40.4 Å². The molecule has 0 saturated heterocycles. The van der Waals surface area contributed by atoms with Crippen molar-refractivity contribution in [3.8, 4) is 0 Å². The molecule has 4 rings (SSSR count). The second kappa shape index (κ2) is 11.0. The standard InChI is InChI=1S/C26H28N6O3S/c1-3-35-23(33)13-14-32(19-7-5-4-6-8-19)26(34)21-15-20-25(36-21)30-22(31(20)2)16-29-18-11-9-17(10-12-18)24(27)28/h4-12,15,29H,3,13-14,16H2,1-2H3,(H3,27,28). The highest BCUT2D eigenvalue weighted by atomic mass is 32.1. The van der Waals surface area contributed by atoms with E-state index in [1.54, 1.807) is 24.0 Å². The summed E-state index contributed by atoms with van der Waals surface area (Å²) in [7, 11) is 1.92. The maximum Gasteiger partial charge on any atom is 0.307 e. The van der Waals surface area contributed by atoms with Crippen molar-refractivity contribution < 1.29 is 14.3 Å². The first-order chi connectivity index (χ1) is 17.4. The first-order valence-corrected chi connectivity index (χ1v) is 12.3. The zero-order valence-corrected chi connectivity index (χ0v) is 21.0. The number of amides is 1. The van der Waals surface area contributed by atoms with Crippen molar-refractivity contribution in [2.75, 3.05) is 23.4 Å². The molecule has 4 N–H and O–H groups in total. The Balaban J connectivity index is 1.51. The Morgan fingerprint density at radius 3 is 2.53 bits per heavy atom. The molecule has 0 radical (unpaired) electrons. The molecule has 0 aliphatic carbocycles. The Labute approximate surface area is 213 Å². The molecule has 36 heavy (non-hydrogen) atoms. The van der Waals surface area contributed by atoms with E-state index in [1.165, 1.54) is 11.3 Å². The Morgan fingerprint density at radius 2 is 1.89 bits per heavy atom. The Hall–Kier alpha value is -4.18. The number of ether oxygens (including phenoxy) is 1. The number of nitrogens with one attached hydrogen (secondary N) is 2. The number of rotatable bonds is 10. The van der Waals surface area contributed by atoms with Crippen LogP contribution in [0.15, 0.2) is 60.7 Å². The molecule has 2 aromatic carbocycles. The Kier molecular flexibility index (Phi) is 7.65.